The number of pyridine rings is 2. The summed E-state index contributed by atoms with van der Waals surface area (Å²) in [7, 11) is 0. The highest BCUT2D eigenvalue weighted by molar-refractivity contribution is 6.40. The van der Waals surface area contributed by atoms with Crippen LogP contribution in [-0.2, 0) is 16.1 Å². The summed E-state index contributed by atoms with van der Waals surface area (Å²) in [5.74, 6) is -1.47. The van der Waals surface area contributed by atoms with Crippen LogP contribution >= 0.6 is 0 Å². The van der Waals surface area contributed by atoms with Gasteiger partial charge < -0.3 is 15.0 Å². The molecular weight excluding hydrogens is 330 g/mol. The highest BCUT2D eigenvalue weighted by Gasteiger charge is 2.15. The van der Waals surface area contributed by atoms with Crippen LogP contribution in [0.1, 0.15) is 5.69 Å². The zero-order valence-corrected chi connectivity index (χ0v) is 13.7. The first-order valence-corrected chi connectivity index (χ1v) is 8.06. The van der Waals surface area contributed by atoms with Gasteiger partial charge in [-0.15, -0.1) is 0 Å². The molecule has 0 unspecified atom stereocenters. The van der Waals surface area contributed by atoms with Crippen molar-refractivity contribution in [1.82, 2.24) is 19.7 Å². The third kappa shape index (κ3) is 3.10. The molecule has 0 radical (unpaired) electrons. The minimum absolute atomic E-state index is 0.168. The number of nitrogens with one attached hydrogen (secondary N) is 2. The maximum absolute atomic E-state index is 12.2. The predicted octanol–water partition coefficient (Wildman–Crippen LogP) is 2.14. The zero-order valence-electron chi connectivity index (χ0n) is 13.7. The van der Waals surface area contributed by atoms with Gasteiger partial charge in [0.1, 0.15) is 5.65 Å². The van der Waals surface area contributed by atoms with Gasteiger partial charge in [0.15, 0.2) is 0 Å². The van der Waals surface area contributed by atoms with Gasteiger partial charge in [0.05, 0.1) is 23.4 Å². The Labute approximate surface area is 148 Å². The maximum Gasteiger partial charge on any atom is 0.313 e. The largest absolute Gasteiger partial charge is 0.342 e. The molecule has 0 aliphatic carbocycles. The van der Waals surface area contributed by atoms with E-state index in [-0.39, 0.29) is 6.54 Å². The molecule has 3 heterocycles. The van der Waals surface area contributed by atoms with Crippen LogP contribution in [0.3, 0.4) is 0 Å². The van der Waals surface area contributed by atoms with Crippen LogP contribution in [0.5, 0.6) is 0 Å². The number of aromatic nitrogens is 3. The van der Waals surface area contributed by atoms with Crippen molar-refractivity contribution in [3.8, 4) is 0 Å². The first kappa shape index (κ1) is 15.8. The number of nitrogens with zero attached hydrogens (tertiary/aromatic N) is 3. The van der Waals surface area contributed by atoms with Crippen LogP contribution in [-0.4, -0.2) is 26.2 Å². The number of anilines is 1. The molecule has 26 heavy (non-hydrogen) atoms. The van der Waals surface area contributed by atoms with Crippen molar-refractivity contribution in [1.29, 1.82) is 0 Å². The summed E-state index contributed by atoms with van der Waals surface area (Å²) >= 11 is 0. The van der Waals surface area contributed by atoms with E-state index in [9.17, 15) is 9.59 Å². The predicted molar refractivity (Wildman–Crippen MR) is 97.4 cm³/mol. The summed E-state index contributed by atoms with van der Waals surface area (Å²) in [4.78, 5) is 32.9. The molecule has 1 aromatic carbocycles. The molecule has 0 saturated carbocycles. The van der Waals surface area contributed by atoms with Crippen molar-refractivity contribution < 1.29 is 9.59 Å². The molecule has 4 aromatic rings. The molecule has 0 bridgehead atoms. The summed E-state index contributed by atoms with van der Waals surface area (Å²) < 4.78 is 1.85. The fourth-order valence-corrected chi connectivity index (χ4v) is 2.71. The quantitative estimate of drug-likeness (QED) is 0.557. The number of amides is 2. The second-order valence-electron chi connectivity index (χ2n) is 5.72. The monoisotopic (exact) mass is 345 g/mol. The van der Waals surface area contributed by atoms with E-state index in [1.807, 2.05) is 53.2 Å². The van der Waals surface area contributed by atoms with Crippen LogP contribution in [0, 0.1) is 0 Å². The molecule has 2 amide bonds. The second-order valence-corrected chi connectivity index (χ2v) is 5.72. The standard InChI is InChI=1S/C19H15N5O2/c25-18(21-11-14-12-24-10-2-1-8-16(24)22-14)19(26)23-15-7-3-5-13-6-4-9-20-17(13)15/h1-10,12H,11H2,(H,21,25)(H,23,26). The van der Waals surface area contributed by atoms with Gasteiger partial charge in [-0.1, -0.05) is 24.3 Å². The molecule has 2 N–H and O–H groups in total. The molecule has 0 saturated heterocycles. The summed E-state index contributed by atoms with van der Waals surface area (Å²) in [5, 5.41) is 6.07. The van der Waals surface area contributed by atoms with Crippen molar-refractivity contribution in [3.63, 3.8) is 0 Å². The number of carbonyl (C=O) groups is 2. The van der Waals surface area contributed by atoms with E-state index < -0.39 is 11.8 Å². The fourth-order valence-electron chi connectivity index (χ4n) is 2.71. The topological polar surface area (TPSA) is 88.4 Å². The lowest BCUT2D eigenvalue weighted by Crippen LogP contribution is -2.35. The number of hydrogen-bond donors (Lipinski definition) is 2. The van der Waals surface area contributed by atoms with Crippen molar-refractivity contribution in [2.75, 3.05) is 5.32 Å². The lowest BCUT2D eigenvalue weighted by Gasteiger charge is -2.07. The number of imidazole rings is 1. The van der Waals surface area contributed by atoms with Crippen LogP contribution in [0.2, 0.25) is 0 Å². The fraction of sp³-hybridized carbons (Fsp3) is 0.0526. The Morgan fingerprint density at radius 3 is 2.77 bits per heavy atom. The summed E-state index contributed by atoms with van der Waals surface area (Å²) in [6.45, 7) is 0.168. The van der Waals surface area contributed by atoms with Gasteiger partial charge >= 0.3 is 11.8 Å². The Kier molecular flexibility index (Phi) is 4.03. The van der Waals surface area contributed by atoms with Gasteiger partial charge in [-0.25, -0.2) is 4.98 Å². The molecule has 128 valence electrons. The number of fused-ring (bicyclic) bond motifs is 2. The number of benzene rings is 1. The van der Waals surface area contributed by atoms with Crippen LogP contribution in [0.25, 0.3) is 16.6 Å². The molecular formula is C19H15N5O2. The molecule has 0 fully saturated rings. The molecule has 0 aliphatic heterocycles. The maximum atomic E-state index is 12.2. The second kappa shape index (κ2) is 6.64. The van der Waals surface area contributed by atoms with Crippen molar-refractivity contribution >= 4 is 34.1 Å². The minimum atomic E-state index is -0.744. The number of carbonyl (C=O) groups excluding carboxylic acids is 2. The Morgan fingerprint density at radius 2 is 1.88 bits per heavy atom. The summed E-state index contributed by atoms with van der Waals surface area (Å²) in [6, 6.07) is 14.7. The molecule has 3 aromatic heterocycles. The number of rotatable bonds is 3. The first-order valence-electron chi connectivity index (χ1n) is 8.06. The van der Waals surface area contributed by atoms with E-state index in [0.717, 1.165) is 11.0 Å². The summed E-state index contributed by atoms with van der Waals surface area (Å²) in [5.41, 5.74) is 2.58. The number of para-hydroxylation sites is 1. The average molecular weight is 345 g/mol. The van der Waals surface area contributed by atoms with E-state index in [1.54, 1.807) is 18.3 Å². The Morgan fingerprint density at radius 1 is 1.00 bits per heavy atom. The smallest absolute Gasteiger partial charge is 0.313 e. The Balaban J connectivity index is 1.43. The minimum Gasteiger partial charge on any atom is -0.342 e. The van der Waals surface area contributed by atoms with Gasteiger partial charge in [0, 0.05) is 24.0 Å². The van der Waals surface area contributed by atoms with E-state index in [4.69, 9.17) is 0 Å². The lowest BCUT2D eigenvalue weighted by molar-refractivity contribution is -0.136. The van der Waals surface area contributed by atoms with Crippen LogP contribution in [0.4, 0.5) is 5.69 Å². The Bertz CT molecular complexity index is 1080. The normalized spacial score (nSPS) is 10.8. The molecule has 0 aliphatic rings. The Hall–Kier alpha value is -3.74. The molecule has 0 spiro atoms. The molecule has 7 heteroatoms. The van der Waals surface area contributed by atoms with E-state index in [0.29, 0.717) is 16.9 Å². The van der Waals surface area contributed by atoms with E-state index in [1.165, 1.54) is 0 Å². The first-order chi connectivity index (χ1) is 12.7. The van der Waals surface area contributed by atoms with E-state index >= 15 is 0 Å². The van der Waals surface area contributed by atoms with E-state index in [2.05, 4.69) is 20.6 Å². The zero-order chi connectivity index (χ0) is 17.9. The lowest BCUT2D eigenvalue weighted by atomic mass is 10.2. The molecule has 0 atom stereocenters. The van der Waals surface area contributed by atoms with Crippen molar-refractivity contribution in [2.24, 2.45) is 0 Å². The van der Waals surface area contributed by atoms with Gasteiger partial charge in [0.25, 0.3) is 0 Å². The average Bonchev–Trinajstić information content (AvgIpc) is 3.09. The van der Waals surface area contributed by atoms with Gasteiger partial charge in [-0.05, 0) is 24.3 Å². The highest BCUT2D eigenvalue weighted by Crippen LogP contribution is 2.20. The third-order valence-corrected chi connectivity index (χ3v) is 3.93. The SMILES string of the molecule is O=C(NCc1cn2ccccc2n1)C(=O)Nc1cccc2cccnc12. The molecule has 4 rings (SSSR count). The highest BCUT2D eigenvalue weighted by atomic mass is 16.2. The van der Waals surface area contributed by atoms with Crippen molar-refractivity contribution in [2.45, 2.75) is 6.54 Å². The van der Waals surface area contributed by atoms with Crippen LogP contribution < -0.4 is 10.6 Å². The summed E-state index contributed by atoms with van der Waals surface area (Å²) in [6.07, 6.45) is 5.32. The third-order valence-electron chi connectivity index (χ3n) is 3.93. The number of hydrogen-bond acceptors (Lipinski definition) is 4. The van der Waals surface area contributed by atoms with Crippen molar-refractivity contribution in [3.05, 3.63) is 72.8 Å². The van der Waals surface area contributed by atoms with Gasteiger partial charge in [-0.3, -0.25) is 14.6 Å². The van der Waals surface area contributed by atoms with Gasteiger partial charge in [-0.2, -0.15) is 0 Å². The van der Waals surface area contributed by atoms with Crippen LogP contribution in [0.15, 0.2) is 67.1 Å². The van der Waals surface area contributed by atoms with Gasteiger partial charge in [0.2, 0.25) is 0 Å². The molecule has 7 nitrogen and oxygen atoms in total.